The zero-order valence-corrected chi connectivity index (χ0v) is 8.98. The third kappa shape index (κ3) is 1.45. The Kier molecular flexibility index (Phi) is 1.93. The monoisotopic (exact) mass is 213 g/mol. The van der Waals surface area contributed by atoms with E-state index in [0.29, 0.717) is 12.0 Å². The SMILES string of the molecule is NC1=CC2Cc3cc(N)ccc3NC2C=C1. The molecule has 5 N–H and O–H groups in total. The molecule has 2 aliphatic rings. The van der Waals surface area contributed by atoms with E-state index in [1.165, 1.54) is 11.3 Å². The summed E-state index contributed by atoms with van der Waals surface area (Å²) in [6.45, 7) is 0. The van der Waals surface area contributed by atoms with Crippen LogP contribution < -0.4 is 16.8 Å². The van der Waals surface area contributed by atoms with Gasteiger partial charge in [-0.3, -0.25) is 0 Å². The minimum atomic E-state index is 0.364. The van der Waals surface area contributed by atoms with Crippen LogP contribution >= 0.6 is 0 Å². The van der Waals surface area contributed by atoms with Crippen molar-refractivity contribution in [1.82, 2.24) is 0 Å². The number of hydrogen-bond donors (Lipinski definition) is 3. The first-order chi connectivity index (χ1) is 7.72. The number of allylic oxidation sites excluding steroid dienone is 1. The van der Waals surface area contributed by atoms with Crippen molar-refractivity contribution in [3.05, 3.63) is 47.7 Å². The van der Waals surface area contributed by atoms with E-state index in [1.54, 1.807) is 0 Å². The number of rotatable bonds is 0. The van der Waals surface area contributed by atoms with Crippen molar-refractivity contribution in [3.8, 4) is 0 Å². The van der Waals surface area contributed by atoms with Crippen molar-refractivity contribution >= 4 is 11.4 Å². The summed E-state index contributed by atoms with van der Waals surface area (Å²) in [5.41, 5.74) is 15.8. The summed E-state index contributed by atoms with van der Waals surface area (Å²) in [6.07, 6.45) is 7.24. The molecule has 0 saturated heterocycles. The lowest BCUT2D eigenvalue weighted by Gasteiger charge is -2.33. The van der Waals surface area contributed by atoms with Crippen LogP contribution in [0.1, 0.15) is 5.56 Å². The van der Waals surface area contributed by atoms with Crippen LogP contribution in [-0.2, 0) is 6.42 Å². The molecule has 3 rings (SSSR count). The van der Waals surface area contributed by atoms with Gasteiger partial charge >= 0.3 is 0 Å². The lowest BCUT2D eigenvalue weighted by molar-refractivity contribution is 0.571. The van der Waals surface area contributed by atoms with Gasteiger partial charge in [-0.2, -0.15) is 0 Å². The van der Waals surface area contributed by atoms with Crippen LogP contribution in [0.3, 0.4) is 0 Å². The van der Waals surface area contributed by atoms with Gasteiger partial charge in [0.05, 0.1) is 6.04 Å². The molecule has 82 valence electrons. The molecule has 1 heterocycles. The molecule has 0 saturated carbocycles. The first-order valence-electron chi connectivity index (χ1n) is 5.53. The van der Waals surface area contributed by atoms with Gasteiger partial charge in [-0.05, 0) is 36.3 Å². The molecule has 0 aromatic heterocycles. The Labute approximate surface area is 94.8 Å². The fourth-order valence-corrected chi connectivity index (χ4v) is 2.46. The second-order valence-electron chi connectivity index (χ2n) is 4.48. The van der Waals surface area contributed by atoms with Gasteiger partial charge in [-0.15, -0.1) is 0 Å². The maximum Gasteiger partial charge on any atom is 0.0515 e. The number of hydrogen-bond acceptors (Lipinski definition) is 3. The molecular weight excluding hydrogens is 198 g/mol. The van der Waals surface area contributed by atoms with E-state index in [2.05, 4.69) is 23.5 Å². The van der Waals surface area contributed by atoms with Crippen molar-refractivity contribution in [2.45, 2.75) is 12.5 Å². The van der Waals surface area contributed by atoms with E-state index in [0.717, 1.165) is 17.8 Å². The number of fused-ring (bicyclic) bond motifs is 2. The van der Waals surface area contributed by atoms with Crippen LogP contribution in [0.5, 0.6) is 0 Å². The first kappa shape index (κ1) is 9.33. The maximum atomic E-state index is 5.81. The molecule has 2 unspecified atom stereocenters. The van der Waals surface area contributed by atoms with Gasteiger partial charge in [0.2, 0.25) is 0 Å². The molecule has 0 amide bonds. The van der Waals surface area contributed by atoms with Crippen molar-refractivity contribution in [3.63, 3.8) is 0 Å². The molecule has 1 aromatic carbocycles. The molecular formula is C13H15N3. The highest BCUT2D eigenvalue weighted by Crippen LogP contribution is 2.32. The summed E-state index contributed by atoms with van der Waals surface area (Å²) in [5, 5.41) is 3.50. The fraction of sp³-hybridized carbons (Fsp3) is 0.231. The highest BCUT2D eigenvalue weighted by atomic mass is 14.9. The lowest BCUT2D eigenvalue weighted by Crippen LogP contribution is -2.34. The fourth-order valence-electron chi connectivity index (χ4n) is 2.46. The van der Waals surface area contributed by atoms with Gasteiger partial charge in [0.25, 0.3) is 0 Å². The van der Waals surface area contributed by atoms with E-state index >= 15 is 0 Å². The second-order valence-corrected chi connectivity index (χ2v) is 4.48. The summed E-state index contributed by atoms with van der Waals surface area (Å²) >= 11 is 0. The summed E-state index contributed by atoms with van der Waals surface area (Å²) in [5.74, 6) is 0.444. The second kappa shape index (κ2) is 3.30. The predicted octanol–water partition coefficient (Wildman–Crippen LogP) is 1.63. The van der Waals surface area contributed by atoms with Crippen LogP contribution in [0, 0.1) is 5.92 Å². The van der Waals surface area contributed by atoms with Crippen LogP contribution in [-0.4, -0.2) is 6.04 Å². The van der Waals surface area contributed by atoms with Crippen molar-refractivity contribution < 1.29 is 0 Å². The Morgan fingerprint density at radius 2 is 2.12 bits per heavy atom. The number of benzene rings is 1. The molecule has 2 atom stereocenters. The molecule has 3 heteroatoms. The quantitative estimate of drug-likeness (QED) is 0.574. The summed E-state index contributed by atoms with van der Waals surface area (Å²) < 4.78 is 0. The first-order valence-corrected chi connectivity index (χ1v) is 5.53. The molecule has 0 spiro atoms. The Hall–Kier alpha value is -1.90. The molecule has 0 fully saturated rings. The number of anilines is 2. The van der Waals surface area contributed by atoms with Gasteiger partial charge < -0.3 is 16.8 Å². The van der Waals surface area contributed by atoms with Crippen LogP contribution in [0.4, 0.5) is 11.4 Å². The average molecular weight is 213 g/mol. The third-order valence-corrected chi connectivity index (χ3v) is 3.27. The Balaban J connectivity index is 1.98. The van der Waals surface area contributed by atoms with Gasteiger partial charge in [0, 0.05) is 23.0 Å². The third-order valence-electron chi connectivity index (χ3n) is 3.27. The molecule has 3 nitrogen and oxygen atoms in total. The Morgan fingerprint density at radius 3 is 3.00 bits per heavy atom. The van der Waals surface area contributed by atoms with Crippen LogP contribution in [0.2, 0.25) is 0 Å². The van der Waals surface area contributed by atoms with Gasteiger partial charge in [0.1, 0.15) is 0 Å². The van der Waals surface area contributed by atoms with Crippen molar-refractivity contribution in [2.24, 2.45) is 11.7 Å². The zero-order chi connectivity index (χ0) is 11.1. The Morgan fingerprint density at radius 1 is 1.25 bits per heavy atom. The van der Waals surface area contributed by atoms with Gasteiger partial charge in [-0.1, -0.05) is 12.2 Å². The van der Waals surface area contributed by atoms with Crippen LogP contribution in [0.25, 0.3) is 0 Å². The highest BCUT2D eigenvalue weighted by molar-refractivity contribution is 5.61. The zero-order valence-electron chi connectivity index (χ0n) is 8.98. The van der Waals surface area contributed by atoms with E-state index in [4.69, 9.17) is 11.5 Å². The standard InChI is InChI=1S/C13H15N3/c14-10-1-3-12-8(6-10)5-9-7-11(15)2-4-13(9)16-12/h1-4,6-8,12,16H,5,14-15H2. The normalized spacial score (nSPS) is 26.4. The number of nitrogens with two attached hydrogens (primary N) is 2. The van der Waals surface area contributed by atoms with E-state index in [-0.39, 0.29) is 0 Å². The number of nitrogens with one attached hydrogen (secondary N) is 1. The molecule has 1 aliphatic heterocycles. The summed E-state index contributed by atoms with van der Waals surface area (Å²) in [7, 11) is 0. The summed E-state index contributed by atoms with van der Waals surface area (Å²) in [6, 6.07) is 6.39. The van der Waals surface area contributed by atoms with Gasteiger partial charge in [0.15, 0.2) is 0 Å². The molecule has 0 radical (unpaired) electrons. The lowest BCUT2D eigenvalue weighted by atomic mass is 9.84. The highest BCUT2D eigenvalue weighted by Gasteiger charge is 2.26. The predicted molar refractivity (Wildman–Crippen MR) is 66.9 cm³/mol. The summed E-state index contributed by atoms with van der Waals surface area (Å²) in [4.78, 5) is 0. The van der Waals surface area contributed by atoms with E-state index in [1.807, 2.05) is 18.2 Å². The minimum Gasteiger partial charge on any atom is -0.399 e. The number of nitrogen functional groups attached to an aromatic ring is 1. The average Bonchev–Trinajstić information content (AvgIpc) is 2.26. The molecule has 1 aliphatic carbocycles. The van der Waals surface area contributed by atoms with Gasteiger partial charge in [-0.25, -0.2) is 0 Å². The molecule has 1 aromatic rings. The van der Waals surface area contributed by atoms with E-state index in [9.17, 15) is 0 Å². The Bertz CT molecular complexity index is 488. The van der Waals surface area contributed by atoms with Crippen molar-refractivity contribution in [2.75, 3.05) is 11.1 Å². The molecule has 16 heavy (non-hydrogen) atoms. The van der Waals surface area contributed by atoms with E-state index < -0.39 is 0 Å². The molecule has 0 bridgehead atoms. The minimum absolute atomic E-state index is 0.364. The van der Waals surface area contributed by atoms with Crippen molar-refractivity contribution in [1.29, 1.82) is 0 Å². The topological polar surface area (TPSA) is 64.1 Å². The smallest absolute Gasteiger partial charge is 0.0515 e. The van der Waals surface area contributed by atoms with Crippen LogP contribution in [0.15, 0.2) is 42.1 Å². The largest absolute Gasteiger partial charge is 0.399 e. The maximum absolute atomic E-state index is 5.81.